The fourth-order valence-electron chi connectivity index (χ4n) is 0.818. The highest BCUT2D eigenvalue weighted by Crippen LogP contribution is 2.27. The molecule has 66 valence electrons. The molecule has 0 spiro atoms. The molecule has 12 heavy (non-hydrogen) atoms. The van der Waals surface area contributed by atoms with E-state index in [0.29, 0.717) is 0 Å². The second kappa shape index (κ2) is 2.58. The van der Waals surface area contributed by atoms with Crippen LogP contribution in [0.5, 0.6) is 0 Å². The van der Waals surface area contributed by atoms with E-state index in [1.807, 2.05) is 0 Å². The molecule has 0 bridgehead atoms. The standard InChI is InChI=1S/C7H7F3N2/c1-2-3(8)7(12)5(10)4(9)6(2)11/h11-12H2,1H3. The average Bonchev–Trinajstić information content (AvgIpc) is 2.08. The van der Waals surface area contributed by atoms with Crippen LogP contribution in [-0.4, -0.2) is 0 Å². The van der Waals surface area contributed by atoms with E-state index >= 15 is 0 Å². The van der Waals surface area contributed by atoms with E-state index in [1.54, 1.807) is 0 Å². The van der Waals surface area contributed by atoms with Crippen LogP contribution >= 0.6 is 0 Å². The molecule has 5 heteroatoms. The molecule has 0 heterocycles. The lowest BCUT2D eigenvalue weighted by Gasteiger charge is -2.06. The van der Waals surface area contributed by atoms with Crippen LogP contribution in [0.1, 0.15) is 5.56 Å². The summed E-state index contributed by atoms with van der Waals surface area (Å²) in [5, 5.41) is 0. The zero-order chi connectivity index (χ0) is 9.46. The Morgan fingerprint density at radius 1 is 0.833 bits per heavy atom. The summed E-state index contributed by atoms with van der Waals surface area (Å²) in [5.41, 5.74) is 8.40. The molecule has 0 aliphatic heterocycles. The Morgan fingerprint density at radius 3 is 1.75 bits per heavy atom. The molecule has 0 unspecified atom stereocenters. The Kier molecular flexibility index (Phi) is 1.87. The predicted molar refractivity (Wildman–Crippen MR) is 39.9 cm³/mol. The van der Waals surface area contributed by atoms with Gasteiger partial charge in [-0.15, -0.1) is 0 Å². The molecule has 0 amide bonds. The molecule has 2 nitrogen and oxygen atoms in total. The molecular weight excluding hydrogens is 169 g/mol. The van der Waals surface area contributed by atoms with Crippen LogP contribution in [0.25, 0.3) is 0 Å². The molecule has 0 radical (unpaired) electrons. The minimum absolute atomic E-state index is 0.175. The van der Waals surface area contributed by atoms with Gasteiger partial charge in [0.25, 0.3) is 0 Å². The van der Waals surface area contributed by atoms with Crippen LogP contribution in [0.2, 0.25) is 0 Å². The summed E-state index contributed by atoms with van der Waals surface area (Å²) in [7, 11) is 0. The topological polar surface area (TPSA) is 52.0 Å². The summed E-state index contributed by atoms with van der Waals surface area (Å²) >= 11 is 0. The SMILES string of the molecule is Cc1c(N)c(F)c(F)c(N)c1F. The quantitative estimate of drug-likeness (QED) is 0.465. The van der Waals surface area contributed by atoms with Crippen molar-refractivity contribution in [2.75, 3.05) is 11.5 Å². The molecule has 0 fully saturated rings. The van der Waals surface area contributed by atoms with Crippen molar-refractivity contribution in [2.24, 2.45) is 0 Å². The molecular formula is C7H7F3N2. The Bertz CT molecular complexity index is 231. The largest absolute Gasteiger partial charge is 0.396 e. The van der Waals surface area contributed by atoms with Gasteiger partial charge in [-0.05, 0) is 6.92 Å². The molecule has 0 saturated carbocycles. The molecule has 1 aromatic rings. The van der Waals surface area contributed by atoms with Crippen molar-refractivity contribution < 1.29 is 13.2 Å². The van der Waals surface area contributed by atoms with Crippen LogP contribution in [-0.2, 0) is 0 Å². The average molecular weight is 176 g/mol. The number of hydrogen-bond acceptors (Lipinski definition) is 2. The summed E-state index contributed by atoms with van der Waals surface area (Å²) in [5.74, 6) is -3.74. The van der Waals surface area contributed by atoms with Gasteiger partial charge in [-0.2, -0.15) is 0 Å². The zero-order valence-corrected chi connectivity index (χ0v) is 6.29. The smallest absolute Gasteiger partial charge is 0.186 e. The van der Waals surface area contributed by atoms with Gasteiger partial charge in [0.05, 0.1) is 5.69 Å². The Labute approximate surface area is 67.0 Å². The van der Waals surface area contributed by atoms with Crippen LogP contribution in [0.4, 0.5) is 24.5 Å². The van der Waals surface area contributed by atoms with Crippen molar-refractivity contribution in [1.82, 2.24) is 0 Å². The zero-order valence-electron chi connectivity index (χ0n) is 6.29. The number of rotatable bonds is 0. The van der Waals surface area contributed by atoms with Crippen molar-refractivity contribution in [3.8, 4) is 0 Å². The maximum absolute atomic E-state index is 12.8. The predicted octanol–water partition coefficient (Wildman–Crippen LogP) is 1.58. The third kappa shape index (κ3) is 0.975. The molecule has 0 saturated heterocycles. The van der Waals surface area contributed by atoms with E-state index in [9.17, 15) is 13.2 Å². The third-order valence-corrected chi connectivity index (χ3v) is 1.64. The van der Waals surface area contributed by atoms with Crippen LogP contribution in [0.15, 0.2) is 0 Å². The van der Waals surface area contributed by atoms with Crippen molar-refractivity contribution in [1.29, 1.82) is 0 Å². The lowest BCUT2D eigenvalue weighted by atomic mass is 10.1. The maximum Gasteiger partial charge on any atom is 0.186 e. The first kappa shape index (κ1) is 8.70. The summed E-state index contributed by atoms with van der Waals surface area (Å²) in [6.07, 6.45) is 0. The highest BCUT2D eigenvalue weighted by molar-refractivity contribution is 5.58. The van der Waals surface area contributed by atoms with Gasteiger partial charge in [-0.1, -0.05) is 0 Å². The molecule has 0 aromatic heterocycles. The highest BCUT2D eigenvalue weighted by atomic mass is 19.2. The van der Waals surface area contributed by atoms with Gasteiger partial charge in [0, 0.05) is 5.56 Å². The van der Waals surface area contributed by atoms with Gasteiger partial charge < -0.3 is 11.5 Å². The first-order valence-electron chi connectivity index (χ1n) is 3.14. The second-order valence-electron chi connectivity index (χ2n) is 2.39. The molecule has 0 aliphatic carbocycles. The van der Waals surface area contributed by atoms with Crippen LogP contribution in [0, 0.1) is 24.4 Å². The normalized spacial score (nSPS) is 10.3. The lowest BCUT2D eigenvalue weighted by Crippen LogP contribution is -2.06. The van der Waals surface area contributed by atoms with Crippen molar-refractivity contribution in [3.05, 3.63) is 23.0 Å². The number of nitrogens with two attached hydrogens (primary N) is 2. The van der Waals surface area contributed by atoms with Crippen molar-refractivity contribution in [3.63, 3.8) is 0 Å². The summed E-state index contributed by atoms with van der Waals surface area (Å²) in [6.45, 7) is 1.23. The maximum atomic E-state index is 12.8. The van der Waals surface area contributed by atoms with Gasteiger partial charge >= 0.3 is 0 Å². The van der Waals surface area contributed by atoms with Crippen molar-refractivity contribution in [2.45, 2.75) is 6.92 Å². The number of hydrogen-bond donors (Lipinski definition) is 2. The first-order valence-corrected chi connectivity index (χ1v) is 3.14. The number of nitrogen functional groups attached to an aromatic ring is 2. The van der Waals surface area contributed by atoms with E-state index < -0.39 is 28.8 Å². The molecule has 1 aromatic carbocycles. The molecule has 4 N–H and O–H groups in total. The van der Waals surface area contributed by atoms with E-state index in [1.165, 1.54) is 6.92 Å². The Hall–Kier alpha value is -1.39. The molecule has 0 atom stereocenters. The Morgan fingerprint density at radius 2 is 1.25 bits per heavy atom. The second-order valence-corrected chi connectivity index (χ2v) is 2.39. The van der Waals surface area contributed by atoms with E-state index in [0.717, 1.165) is 0 Å². The fraction of sp³-hybridized carbons (Fsp3) is 0.143. The van der Waals surface area contributed by atoms with Gasteiger partial charge in [0.2, 0.25) is 0 Å². The molecule has 1 rings (SSSR count). The third-order valence-electron chi connectivity index (χ3n) is 1.64. The fourth-order valence-corrected chi connectivity index (χ4v) is 0.818. The van der Waals surface area contributed by atoms with Gasteiger partial charge in [-0.3, -0.25) is 0 Å². The minimum atomic E-state index is -1.43. The van der Waals surface area contributed by atoms with Crippen LogP contribution < -0.4 is 11.5 Å². The van der Waals surface area contributed by atoms with E-state index in [-0.39, 0.29) is 5.56 Å². The highest BCUT2D eigenvalue weighted by Gasteiger charge is 2.18. The van der Waals surface area contributed by atoms with E-state index in [4.69, 9.17) is 11.5 Å². The number of anilines is 2. The summed E-state index contributed by atoms with van der Waals surface area (Å²) in [6, 6.07) is 0. The van der Waals surface area contributed by atoms with Crippen LogP contribution in [0.3, 0.4) is 0 Å². The molecule has 0 aliphatic rings. The summed E-state index contributed by atoms with van der Waals surface area (Å²) < 4.78 is 38.1. The van der Waals surface area contributed by atoms with Gasteiger partial charge in [0.1, 0.15) is 5.69 Å². The van der Waals surface area contributed by atoms with Gasteiger partial charge in [-0.25, -0.2) is 13.2 Å². The van der Waals surface area contributed by atoms with E-state index in [2.05, 4.69) is 0 Å². The number of benzene rings is 1. The minimum Gasteiger partial charge on any atom is -0.396 e. The lowest BCUT2D eigenvalue weighted by molar-refractivity contribution is 0.501. The summed E-state index contributed by atoms with van der Waals surface area (Å²) in [4.78, 5) is 0. The number of halogens is 3. The monoisotopic (exact) mass is 176 g/mol. The first-order chi connectivity index (χ1) is 5.46. The Balaban J connectivity index is 3.60. The van der Waals surface area contributed by atoms with Gasteiger partial charge in [0.15, 0.2) is 17.5 Å². The van der Waals surface area contributed by atoms with Crippen molar-refractivity contribution >= 4 is 11.4 Å².